The van der Waals surface area contributed by atoms with E-state index in [1.165, 1.54) is 0 Å². The summed E-state index contributed by atoms with van der Waals surface area (Å²) in [5, 5.41) is 4.63. The van der Waals surface area contributed by atoms with Crippen LogP contribution >= 0.6 is 0 Å². The van der Waals surface area contributed by atoms with E-state index in [9.17, 15) is 4.21 Å². The van der Waals surface area contributed by atoms with Gasteiger partial charge in [-0.25, -0.2) is 0 Å². The van der Waals surface area contributed by atoms with Crippen LogP contribution in [0.15, 0.2) is 6.07 Å². The van der Waals surface area contributed by atoms with Crippen LogP contribution in [0.5, 0.6) is 0 Å². The third-order valence-corrected chi connectivity index (χ3v) is 5.12. The van der Waals surface area contributed by atoms with Crippen LogP contribution in [-0.2, 0) is 27.5 Å². The van der Waals surface area contributed by atoms with Gasteiger partial charge in [0.1, 0.15) is 0 Å². The summed E-state index contributed by atoms with van der Waals surface area (Å²) in [7, 11) is -0.786. The van der Waals surface area contributed by atoms with Crippen molar-refractivity contribution in [3.63, 3.8) is 0 Å². The van der Waals surface area contributed by atoms with E-state index in [-0.39, 0.29) is 10.2 Å². The van der Waals surface area contributed by atoms with Crippen LogP contribution in [-0.4, -0.2) is 19.7 Å². The predicted molar refractivity (Wildman–Crippen MR) is 67.0 cm³/mol. The molecule has 1 aliphatic heterocycles. The lowest BCUT2D eigenvalue weighted by Crippen LogP contribution is -2.35. The van der Waals surface area contributed by atoms with Crippen molar-refractivity contribution in [3.8, 4) is 0 Å². The van der Waals surface area contributed by atoms with E-state index in [0.717, 1.165) is 17.9 Å². The fourth-order valence-corrected chi connectivity index (χ4v) is 3.23. The Kier molecular flexibility index (Phi) is 2.53. The van der Waals surface area contributed by atoms with Gasteiger partial charge in [-0.3, -0.25) is 8.89 Å². The molecule has 1 aromatic heterocycles. The van der Waals surface area contributed by atoms with E-state index in [1.54, 1.807) is 0 Å². The lowest BCUT2D eigenvalue weighted by molar-refractivity contribution is 0.509. The van der Waals surface area contributed by atoms with Crippen molar-refractivity contribution in [2.24, 2.45) is 0 Å². The maximum atomic E-state index is 12.0. The lowest BCUT2D eigenvalue weighted by Gasteiger charge is -2.29. The highest BCUT2D eigenvalue weighted by Crippen LogP contribution is 2.34. The van der Waals surface area contributed by atoms with Crippen molar-refractivity contribution in [3.05, 3.63) is 17.5 Å². The zero-order chi connectivity index (χ0) is 12.1. The minimum Gasteiger partial charge on any atom is -0.267 e. The first-order chi connectivity index (χ1) is 7.23. The second-order valence-electron chi connectivity index (χ2n) is 5.95. The third-order valence-electron chi connectivity index (χ3n) is 3.22. The average molecular weight is 240 g/mol. The smallest absolute Gasteiger partial charge is 0.0820 e. The molecule has 0 saturated heterocycles. The summed E-state index contributed by atoms with van der Waals surface area (Å²) in [4.78, 5) is 0. The van der Waals surface area contributed by atoms with Crippen molar-refractivity contribution in [2.75, 3.05) is 5.75 Å². The predicted octanol–water partition coefficient (Wildman–Crippen LogP) is 2.18. The fraction of sp³-hybridized carbons (Fsp3) is 0.750. The number of fused-ring (bicyclic) bond motifs is 1. The average Bonchev–Trinajstić information content (AvgIpc) is 2.56. The van der Waals surface area contributed by atoms with Gasteiger partial charge in [0, 0.05) is 22.0 Å². The van der Waals surface area contributed by atoms with Gasteiger partial charge in [-0.15, -0.1) is 0 Å². The number of aryl methyl sites for hydroxylation is 1. The molecule has 0 spiro atoms. The van der Waals surface area contributed by atoms with E-state index in [4.69, 9.17) is 0 Å². The molecule has 0 saturated carbocycles. The summed E-state index contributed by atoms with van der Waals surface area (Å²) in [5.74, 6) is 0.714. The van der Waals surface area contributed by atoms with Gasteiger partial charge in [-0.05, 0) is 19.9 Å². The van der Waals surface area contributed by atoms with E-state index in [2.05, 4.69) is 31.9 Å². The van der Waals surface area contributed by atoms with Gasteiger partial charge in [0.25, 0.3) is 0 Å². The monoisotopic (exact) mass is 240 g/mol. The normalized spacial score (nSPS) is 24.2. The Balaban J connectivity index is 2.53. The zero-order valence-corrected chi connectivity index (χ0v) is 11.5. The Labute approximate surface area is 99.7 Å². The Hall–Kier alpha value is -0.640. The van der Waals surface area contributed by atoms with Crippen molar-refractivity contribution in [1.82, 2.24) is 9.78 Å². The molecule has 0 amide bonds. The topological polar surface area (TPSA) is 34.9 Å². The molecule has 0 bridgehead atoms. The Bertz CT molecular complexity index is 440. The van der Waals surface area contributed by atoms with Crippen LogP contribution < -0.4 is 0 Å². The maximum Gasteiger partial charge on any atom is 0.0820 e. The summed E-state index contributed by atoms with van der Waals surface area (Å²) in [6.07, 6.45) is 0. The highest BCUT2D eigenvalue weighted by molar-refractivity contribution is 7.86. The van der Waals surface area contributed by atoms with E-state index in [0.29, 0.717) is 5.75 Å². The van der Waals surface area contributed by atoms with Gasteiger partial charge < -0.3 is 0 Å². The van der Waals surface area contributed by atoms with Crippen molar-refractivity contribution >= 4 is 10.8 Å². The van der Waals surface area contributed by atoms with Gasteiger partial charge >= 0.3 is 0 Å². The highest BCUT2D eigenvalue weighted by Gasteiger charge is 2.37. The Morgan fingerprint density at radius 2 is 2.06 bits per heavy atom. The molecule has 2 rings (SSSR count). The summed E-state index contributed by atoms with van der Waals surface area (Å²) >= 11 is 0. The van der Waals surface area contributed by atoms with E-state index >= 15 is 0 Å². The van der Waals surface area contributed by atoms with Crippen LogP contribution in [0.2, 0.25) is 0 Å². The number of hydrogen-bond acceptors (Lipinski definition) is 2. The molecule has 0 aliphatic carbocycles. The number of rotatable bonds is 0. The van der Waals surface area contributed by atoms with Gasteiger partial charge in [-0.1, -0.05) is 20.8 Å². The minimum absolute atomic E-state index is 0.0575. The first kappa shape index (κ1) is 11.8. The SMILES string of the molecule is CC(C)(C)c1cc2n(n1)CCS(=O)C2(C)C. The molecule has 0 radical (unpaired) electrons. The van der Waals surface area contributed by atoms with Crippen LogP contribution in [0.4, 0.5) is 0 Å². The molecule has 0 fully saturated rings. The van der Waals surface area contributed by atoms with Crippen LogP contribution in [0, 0.1) is 0 Å². The van der Waals surface area contributed by atoms with Gasteiger partial charge in [0.15, 0.2) is 0 Å². The second-order valence-corrected chi connectivity index (χ2v) is 8.07. The molecule has 1 atom stereocenters. The molecular formula is C12H20N2OS. The maximum absolute atomic E-state index is 12.0. The van der Waals surface area contributed by atoms with Crippen molar-refractivity contribution < 1.29 is 4.21 Å². The van der Waals surface area contributed by atoms with E-state index in [1.807, 2.05) is 18.5 Å². The van der Waals surface area contributed by atoms with E-state index < -0.39 is 10.8 Å². The highest BCUT2D eigenvalue weighted by atomic mass is 32.2. The standard InChI is InChI=1S/C12H20N2OS/c1-11(2,3)9-8-10-12(4,5)16(15)7-6-14(10)13-9/h8H,6-7H2,1-5H3. The summed E-state index contributed by atoms with van der Waals surface area (Å²) in [5.41, 5.74) is 2.26. The lowest BCUT2D eigenvalue weighted by atomic mass is 9.91. The molecule has 90 valence electrons. The molecule has 2 heterocycles. The number of hydrogen-bond donors (Lipinski definition) is 0. The number of nitrogens with zero attached hydrogens (tertiary/aromatic N) is 2. The van der Waals surface area contributed by atoms with Gasteiger partial charge in [0.2, 0.25) is 0 Å². The molecule has 1 unspecified atom stereocenters. The molecule has 3 nitrogen and oxygen atoms in total. The van der Waals surface area contributed by atoms with Crippen molar-refractivity contribution in [2.45, 2.75) is 51.3 Å². The Morgan fingerprint density at radius 3 is 2.62 bits per heavy atom. The summed E-state index contributed by atoms with van der Waals surface area (Å²) in [6, 6.07) is 2.12. The van der Waals surface area contributed by atoms with Crippen LogP contribution in [0.25, 0.3) is 0 Å². The first-order valence-corrected chi connectivity index (χ1v) is 7.02. The third kappa shape index (κ3) is 1.73. The van der Waals surface area contributed by atoms with Crippen LogP contribution in [0.3, 0.4) is 0 Å². The second kappa shape index (κ2) is 3.42. The van der Waals surface area contributed by atoms with Crippen LogP contribution in [0.1, 0.15) is 46.0 Å². The molecule has 4 heteroatoms. The first-order valence-electron chi connectivity index (χ1n) is 5.70. The van der Waals surface area contributed by atoms with Gasteiger partial charge in [-0.2, -0.15) is 5.10 Å². The minimum atomic E-state index is -0.786. The largest absolute Gasteiger partial charge is 0.267 e. The molecular weight excluding hydrogens is 220 g/mol. The molecule has 1 aliphatic rings. The Morgan fingerprint density at radius 1 is 1.44 bits per heavy atom. The molecule has 1 aromatic rings. The summed E-state index contributed by atoms with van der Waals surface area (Å²) in [6.45, 7) is 11.3. The molecule has 16 heavy (non-hydrogen) atoms. The molecule has 0 aromatic carbocycles. The summed E-state index contributed by atoms with van der Waals surface area (Å²) < 4.78 is 13.8. The fourth-order valence-electron chi connectivity index (χ4n) is 1.98. The quantitative estimate of drug-likeness (QED) is 0.696. The van der Waals surface area contributed by atoms with Gasteiger partial charge in [0.05, 0.1) is 22.7 Å². The zero-order valence-electron chi connectivity index (χ0n) is 10.7. The molecule has 0 N–H and O–H groups in total. The number of aromatic nitrogens is 2. The van der Waals surface area contributed by atoms with Crippen molar-refractivity contribution in [1.29, 1.82) is 0 Å².